The molecule has 0 atom stereocenters. The fourth-order valence-electron chi connectivity index (χ4n) is 1.91. The third-order valence-electron chi connectivity index (χ3n) is 3.13. The van der Waals surface area contributed by atoms with Gasteiger partial charge in [0.05, 0.1) is 6.61 Å². The number of hydrogen-bond donors (Lipinski definition) is 1. The van der Waals surface area contributed by atoms with Crippen LogP contribution < -0.4 is 5.32 Å². The molecule has 0 aliphatic rings. The van der Waals surface area contributed by atoms with Gasteiger partial charge in [0, 0.05) is 17.5 Å². The second-order valence-electron chi connectivity index (χ2n) is 4.97. The molecule has 0 fully saturated rings. The highest BCUT2D eigenvalue weighted by atomic mass is 19.4. The van der Waals surface area contributed by atoms with Crippen molar-refractivity contribution in [1.29, 1.82) is 5.26 Å². The predicted molar refractivity (Wildman–Crippen MR) is 83.4 cm³/mol. The summed E-state index contributed by atoms with van der Waals surface area (Å²) in [5.41, 5.74) is 1.22. The third-order valence-corrected chi connectivity index (χ3v) is 3.13. The first-order valence-corrected chi connectivity index (χ1v) is 7.32. The summed E-state index contributed by atoms with van der Waals surface area (Å²) >= 11 is 0. The highest BCUT2D eigenvalue weighted by molar-refractivity contribution is 5.93. The molecule has 1 aromatic carbocycles. The molecule has 0 unspecified atom stereocenters. The smallest absolute Gasteiger partial charge is 0.462 e. The number of carbonyl (C=O) groups excluding carboxylic acids is 1. The molecule has 136 valence electrons. The van der Waals surface area contributed by atoms with Gasteiger partial charge < -0.3 is 14.5 Å². The third kappa shape index (κ3) is 4.38. The van der Waals surface area contributed by atoms with Gasteiger partial charge in [-0.2, -0.15) is 18.4 Å². The number of nitrogens with zero attached hydrogens (tertiary/aromatic N) is 3. The maximum absolute atomic E-state index is 12.5. The average molecular weight is 366 g/mol. The molecule has 2 aromatic rings. The van der Waals surface area contributed by atoms with Crippen molar-refractivity contribution in [1.82, 2.24) is 10.2 Å². The maximum Gasteiger partial charge on any atom is 0.470 e. The SMILES string of the molecule is CCOC(=O)C(C#N)=CNc1ccc(-c2nnc(C(F)(F)F)o2)cc1C. The Morgan fingerprint density at radius 2 is 2.15 bits per heavy atom. The van der Waals surface area contributed by atoms with Crippen molar-refractivity contribution in [3.05, 3.63) is 41.4 Å². The van der Waals surface area contributed by atoms with Crippen LogP contribution in [-0.4, -0.2) is 22.8 Å². The Balaban J connectivity index is 2.21. The molecule has 0 saturated heterocycles. The zero-order chi connectivity index (χ0) is 19.3. The lowest BCUT2D eigenvalue weighted by Gasteiger charge is -2.07. The van der Waals surface area contributed by atoms with Crippen molar-refractivity contribution < 1.29 is 27.1 Å². The summed E-state index contributed by atoms with van der Waals surface area (Å²) < 4.78 is 46.9. The number of alkyl halides is 3. The Morgan fingerprint density at radius 1 is 1.42 bits per heavy atom. The number of hydrogen-bond acceptors (Lipinski definition) is 7. The summed E-state index contributed by atoms with van der Waals surface area (Å²) in [5.74, 6) is -2.46. The molecule has 2 rings (SSSR count). The van der Waals surface area contributed by atoms with Gasteiger partial charge >= 0.3 is 18.0 Å². The van der Waals surface area contributed by atoms with E-state index in [-0.39, 0.29) is 18.1 Å². The average Bonchev–Trinajstić information content (AvgIpc) is 3.07. The van der Waals surface area contributed by atoms with Crippen LogP contribution in [-0.2, 0) is 15.7 Å². The van der Waals surface area contributed by atoms with Gasteiger partial charge in [0.25, 0.3) is 0 Å². The number of nitrogens with one attached hydrogen (secondary N) is 1. The van der Waals surface area contributed by atoms with Gasteiger partial charge in [0.1, 0.15) is 6.07 Å². The number of benzene rings is 1. The lowest BCUT2D eigenvalue weighted by molar-refractivity contribution is -0.157. The topological polar surface area (TPSA) is 101 Å². The van der Waals surface area contributed by atoms with E-state index in [1.807, 2.05) is 0 Å². The van der Waals surface area contributed by atoms with Crippen molar-refractivity contribution in [2.75, 3.05) is 11.9 Å². The number of aryl methyl sites for hydroxylation is 1. The molecular formula is C16H13F3N4O3. The monoisotopic (exact) mass is 366 g/mol. The Hall–Kier alpha value is -3.35. The standard InChI is InChI=1S/C16H13F3N4O3/c1-3-25-14(24)11(7-20)8-21-12-5-4-10(6-9(12)2)13-22-23-15(26-13)16(17,18)19/h4-6,8,21H,3H2,1-2H3. The first-order valence-electron chi connectivity index (χ1n) is 7.32. The Kier molecular flexibility index (Phi) is 5.61. The van der Waals surface area contributed by atoms with Crippen molar-refractivity contribution in [3.63, 3.8) is 0 Å². The summed E-state index contributed by atoms with van der Waals surface area (Å²) in [4.78, 5) is 11.5. The number of aromatic nitrogens is 2. The van der Waals surface area contributed by atoms with E-state index in [0.29, 0.717) is 16.8 Å². The van der Waals surface area contributed by atoms with E-state index in [0.717, 1.165) is 0 Å². The molecule has 0 amide bonds. The van der Waals surface area contributed by atoms with Crippen LogP contribution in [0.25, 0.3) is 11.5 Å². The van der Waals surface area contributed by atoms with Crippen LogP contribution in [0.1, 0.15) is 18.4 Å². The molecule has 0 saturated carbocycles. The minimum atomic E-state index is -4.71. The van der Waals surface area contributed by atoms with Gasteiger partial charge in [0.2, 0.25) is 5.89 Å². The van der Waals surface area contributed by atoms with Crippen LogP contribution in [0.3, 0.4) is 0 Å². The molecule has 0 aliphatic heterocycles. The molecule has 0 radical (unpaired) electrons. The number of nitriles is 1. The summed E-state index contributed by atoms with van der Waals surface area (Å²) in [5, 5.41) is 18.1. The van der Waals surface area contributed by atoms with Crippen LogP contribution in [0, 0.1) is 18.3 Å². The van der Waals surface area contributed by atoms with Crippen molar-refractivity contribution in [3.8, 4) is 17.5 Å². The Bertz CT molecular complexity index is 882. The molecule has 1 N–H and O–H groups in total. The number of esters is 1. The van der Waals surface area contributed by atoms with E-state index in [9.17, 15) is 18.0 Å². The lowest BCUT2D eigenvalue weighted by atomic mass is 10.1. The van der Waals surface area contributed by atoms with Gasteiger partial charge in [-0.05, 0) is 37.6 Å². The van der Waals surface area contributed by atoms with Crippen LogP contribution in [0.2, 0.25) is 0 Å². The van der Waals surface area contributed by atoms with E-state index < -0.39 is 18.0 Å². The molecule has 10 heteroatoms. The van der Waals surface area contributed by atoms with Crippen LogP contribution in [0.4, 0.5) is 18.9 Å². The van der Waals surface area contributed by atoms with Crippen LogP contribution in [0.15, 0.2) is 34.4 Å². The number of carbonyl (C=O) groups is 1. The minimum absolute atomic E-state index is 0.135. The molecule has 0 bridgehead atoms. The van der Waals surface area contributed by atoms with E-state index in [1.165, 1.54) is 18.3 Å². The van der Waals surface area contributed by atoms with Gasteiger partial charge in [-0.3, -0.25) is 0 Å². The molecule has 26 heavy (non-hydrogen) atoms. The van der Waals surface area contributed by atoms with Crippen molar-refractivity contribution >= 4 is 11.7 Å². The summed E-state index contributed by atoms with van der Waals surface area (Å²) in [6, 6.07) is 6.25. The molecular weight excluding hydrogens is 353 g/mol. The highest BCUT2D eigenvalue weighted by Crippen LogP contribution is 2.31. The largest absolute Gasteiger partial charge is 0.470 e. The first kappa shape index (κ1) is 19.0. The summed E-state index contributed by atoms with van der Waals surface area (Å²) in [7, 11) is 0. The number of halogens is 3. The lowest BCUT2D eigenvalue weighted by Crippen LogP contribution is -2.08. The van der Waals surface area contributed by atoms with E-state index in [1.54, 1.807) is 26.0 Å². The number of ether oxygens (including phenoxy) is 1. The zero-order valence-corrected chi connectivity index (χ0v) is 13.7. The summed E-state index contributed by atoms with van der Waals surface area (Å²) in [6.45, 7) is 3.43. The van der Waals surface area contributed by atoms with Crippen molar-refractivity contribution in [2.45, 2.75) is 20.0 Å². The van der Waals surface area contributed by atoms with Gasteiger partial charge in [-0.25, -0.2) is 4.79 Å². The molecule has 0 aliphatic carbocycles. The minimum Gasteiger partial charge on any atom is -0.462 e. The fraction of sp³-hybridized carbons (Fsp3) is 0.250. The normalized spacial score (nSPS) is 11.8. The van der Waals surface area contributed by atoms with Gasteiger partial charge in [-0.15, -0.1) is 10.2 Å². The molecule has 1 aromatic heterocycles. The Labute approximate surface area is 146 Å². The Morgan fingerprint density at radius 3 is 2.69 bits per heavy atom. The first-order chi connectivity index (χ1) is 12.3. The van der Waals surface area contributed by atoms with E-state index in [4.69, 9.17) is 10.00 Å². The van der Waals surface area contributed by atoms with Crippen LogP contribution in [0.5, 0.6) is 0 Å². The van der Waals surface area contributed by atoms with E-state index in [2.05, 4.69) is 19.9 Å². The van der Waals surface area contributed by atoms with E-state index >= 15 is 0 Å². The number of rotatable bonds is 5. The number of anilines is 1. The summed E-state index contributed by atoms with van der Waals surface area (Å²) in [6.07, 6.45) is -3.53. The quantitative estimate of drug-likeness (QED) is 0.491. The zero-order valence-electron chi connectivity index (χ0n) is 13.7. The second kappa shape index (κ2) is 7.69. The fourth-order valence-corrected chi connectivity index (χ4v) is 1.91. The molecule has 0 spiro atoms. The predicted octanol–water partition coefficient (Wildman–Crippen LogP) is 3.45. The van der Waals surface area contributed by atoms with Gasteiger partial charge in [0.15, 0.2) is 5.57 Å². The second-order valence-corrected chi connectivity index (χ2v) is 4.97. The van der Waals surface area contributed by atoms with Gasteiger partial charge in [-0.1, -0.05) is 0 Å². The molecule has 7 nitrogen and oxygen atoms in total. The highest BCUT2D eigenvalue weighted by Gasteiger charge is 2.38. The maximum atomic E-state index is 12.5. The molecule has 1 heterocycles. The van der Waals surface area contributed by atoms with Crippen LogP contribution >= 0.6 is 0 Å². The van der Waals surface area contributed by atoms with Crippen molar-refractivity contribution in [2.24, 2.45) is 0 Å².